The third-order valence-electron chi connectivity index (χ3n) is 3.23. The van der Waals surface area contributed by atoms with Crippen LogP contribution < -0.4 is 15.4 Å². The van der Waals surface area contributed by atoms with Gasteiger partial charge in [0.1, 0.15) is 0 Å². The smallest absolute Gasteiger partial charge is 0.251 e. The number of nitrogens with zero attached hydrogens (tertiary/aromatic N) is 1. The lowest BCUT2D eigenvalue weighted by molar-refractivity contribution is 0.0941. The van der Waals surface area contributed by atoms with Crippen molar-refractivity contribution in [2.75, 3.05) is 23.1 Å². The number of rotatable bonds is 4. The molecule has 1 atom stereocenters. The summed E-state index contributed by atoms with van der Waals surface area (Å²) in [6.07, 6.45) is 0.614. The Kier molecular flexibility index (Phi) is 4.29. The molecule has 0 radical (unpaired) electrons. The van der Waals surface area contributed by atoms with Crippen LogP contribution in [0.25, 0.3) is 0 Å². The molecule has 110 valence electrons. The van der Waals surface area contributed by atoms with E-state index in [1.165, 1.54) is 4.31 Å². The van der Waals surface area contributed by atoms with Crippen molar-refractivity contribution in [2.45, 2.75) is 19.4 Å². The molecule has 0 aromatic heterocycles. The molecule has 1 amide bonds. The van der Waals surface area contributed by atoms with Gasteiger partial charge in [-0.2, -0.15) is 0 Å². The summed E-state index contributed by atoms with van der Waals surface area (Å²) < 4.78 is 25.1. The summed E-state index contributed by atoms with van der Waals surface area (Å²) in [4.78, 5) is 12.0. The summed E-state index contributed by atoms with van der Waals surface area (Å²) in [5, 5.41) is 2.75. The maximum absolute atomic E-state index is 12.0. The number of carbonyl (C=O) groups excluding carboxylic acids is 1. The average Bonchev–Trinajstić information content (AvgIpc) is 2.78. The average molecular weight is 297 g/mol. The molecule has 1 aromatic rings. The molecule has 6 nitrogen and oxygen atoms in total. The summed E-state index contributed by atoms with van der Waals surface area (Å²) >= 11 is 0. The molecule has 0 aliphatic carbocycles. The van der Waals surface area contributed by atoms with E-state index in [2.05, 4.69) is 5.32 Å². The first-order valence-corrected chi connectivity index (χ1v) is 8.16. The number of carbonyl (C=O) groups is 1. The van der Waals surface area contributed by atoms with Gasteiger partial charge in [0.15, 0.2) is 0 Å². The highest BCUT2D eigenvalue weighted by Gasteiger charge is 2.28. The molecule has 1 saturated heterocycles. The minimum atomic E-state index is -3.23. The van der Waals surface area contributed by atoms with Crippen LogP contribution in [0.15, 0.2) is 24.3 Å². The normalized spacial score (nSPS) is 18.8. The molecular formula is C13H19N3O3S. The molecule has 20 heavy (non-hydrogen) atoms. The van der Waals surface area contributed by atoms with Crippen molar-refractivity contribution >= 4 is 21.6 Å². The van der Waals surface area contributed by atoms with Crippen LogP contribution >= 0.6 is 0 Å². The minimum absolute atomic E-state index is 0.123. The van der Waals surface area contributed by atoms with E-state index in [-0.39, 0.29) is 17.7 Å². The van der Waals surface area contributed by atoms with Crippen molar-refractivity contribution in [3.8, 4) is 0 Å². The van der Waals surface area contributed by atoms with Gasteiger partial charge in [-0.3, -0.25) is 9.10 Å². The Morgan fingerprint density at radius 3 is 2.85 bits per heavy atom. The van der Waals surface area contributed by atoms with Crippen LogP contribution in [0.1, 0.15) is 23.7 Å². The van der Waals surface area contributed by atoms with Gasteiger partial charge in [0.2, 0.25) is 10.0 Å². The topological polar surface area (TPSA) is 92.5 Å². The molecular weight excluding hydrogens is 278 g/mol. The zero-order valence-electron chi connectivity index (χ0n) is 11.4. The Morgan fingerprint density at radius 2 is 2.25 bits per heavy atom. The predicted molar refractivity (Wildman–Crippen MR) is 78.2 cm³/mol. The van der Waals surface area contributed by atoms with Gasteiger partial charge in [-0.1, -0.05) is 6.07 Å². The third kappa shape index (κ3) is 3.10. The number of amides is 1. The fraction of sp³-hybridized carbons (Fsp3) is 0.462. The molecule has 3 N–H and O–H groups in total. The van der Waals surface area contributed by atoms with Crippen LogP contribution in [0.4, 0.5) is 5.69 Å². The lowest BCUT2D eigenvalue weighted by atomic mass is 10.1. The molecule has 1 fully saturated rings. The van der Waals surface area contributed by atoms with E-state index in [4.69, 9.17) is 5.73 Å². The molecule has 1 aliphatic heterocycles. The number of hydrogen-bond donors (Lipinski definition) is 2. The van der Waals surface area contributed by atoms with Crippen molar-refractivity contribution in [3.05, 3.63) is 29.8 Å². The molecule has 0 bridgehead atoms. The van der Waals surface area contributed by atoms with Crippen LogP contribution in [0.3, 0.4) is 0 Å². The predicted octanol–water partition coefficient (Wildman–Crippen LogP) is 0.304. The minimum Gasteiger partial charge on any atom is -0.348 e. The fourth-order valence-corrected chi connectivity index (χ4v) is 3.65. The Labute approximate surface area is 119 Å². The van der Waals surface area contributed by atoms with Gasteiger partial charge in [-0.15, -0.1) is 0 Å². The summed E-state index contributed by atoms with van der Waals surface area (Å²) in [6, 6.07) is 6.52. The second-order valence-electron chi connectivity index (χ2n) is 4.90. The molecule has 0 spiro atoms. The summed E-state index contributed by atoms with van der Waals surface area (Å²) in [5.74, 6) is -0.0884. The van der Waals surface area contributed by atoms with Crippen LogP contribution in [0.2, 0.25) is 0 Å². The van der Waals surface area contributed by atoms with Gasteiger partial charge in [0.25, 0.3) is 5.91 Å². The Morgan fingerprint density at radius 1 is 1.50 bits per heavy atom. The molecule has 2 rings (SSSR count). The third-order valence-corrected chi connectivity index (χ3v) is 5.10. The number of hydrogen-bond acceptors (Lipinski definition) is 4. The van der Waals surface area contributed by atoms with Crippen molar-refractivity contribution in [2.24, 2.45) is 5.73 Å². The molecule has 0 saturated carbocycles. The van der Waals surface area contributed by atoms with E-state index < -0.39 is 10.0 Å². The number of sulfonamides is 1. The van der Waals surface area contributed by atoms with E-state index in [1.807, 2.05) is 6.92 Å². The van der Waals surface area contributed by atoms with Gasteiger partial charge in [-0.25, -0.2) is 8.42 Å². The maximum Gasteiger partial charge on any atom is 0.251 e. The van der Waals surface area contributed by atoms with Crippen LogP contribution in [0, 0.1) is 0 Å². The van der Waals surface area contributed by atoms with Gasteiger partial charge in [-0.05, 0) is 31.5 Å². The van der Waals surface area contributed by atoms with Crippen molar-refractivity contribution in [1.82, 2.24) is 5.32 Å². The fourth-order valence-electron chi connectivity index (χ4n) is 2.10. The maximum atomic E-state index is 12.0. The second kappa shape index (κ2) is 5.80. The Bertz CT molecular complexity index is 601. The van der Waals surface area contributed by atoms with E-state index in [1.54, 1.807) is 24.3 Å². The highest BCUT2D eigenvalue weighted by atomic mass is 32.2. The van der Waals surface area contributed by atoms with Gasteiger partial charge in [0.05, 0.1) is 11.4 Å². The molecule has 7 heteroatoms. The van der Waals surface area contributed by atoms with Crippen LogP contribution in [-0.2, 0) is 10.0 Å². The van der Waals surface area contributed by atoms with Crippen LogP contribution in [-0.4, -0.2) is 39.2 Å². The second-order valence-corrected chi connectivity index (χ2v) is 6.92. The largest absolute Gasteiger partial charge is 0.348 e. The van der Waals surface area contributed by atoms with Crippen molar-refractivity contribution in [1.29, 1.82) is 0 Å². The first-order chi connectivity index (χ1) is 9.44. The van der Waals surface area contributed by atoms with Gasteiger partial charge in [0, 0.05) is 24.7 Å². The molecule has 1 aromatic carbocycles. The zero-order valence-corrected chi connectivity index (χ0v) is 12.2. The standard InChI is InChI=1S/C13H19N3O3S/c1-10(9-14)15-13(17)11-4-2-5-12(8-11)16-6-3-7-20(16,18)19/h2,4-5,8,10H,3,6-7,9,14H2,1H3,(H,15,17)/t10-/m0/s1. The lowest BCUT2D eigenvalue weighted by Gasteiger charge is -2.18. The Hall–Kier alpha value is -1.60. The Balaban J connectivity index is 2.22. The summed E-state index contributed by atoms with van der Waals surface area (Å²) in [7, 11) is -3.23. The van der Waals surface area contributed by atoms with Crippen molar-refractivity contribution in [3.63, 3.8) is 0 Å². The van der Waals surface area contributed by atoms with E-state index >= 15 is 0 Å². The number of nitrogens with two attached hydrogens (primary N) is 1. The SMILES string of the molecule is C[C@@H](CN)NC(=O)c1cccc(N2CCCS2(=O)=O)c1. The molecule has 1 heterocycles. The highest BCUT2D eigenvalue weighted by Crippen LogP contribution is 2.24. The van der Waals surface area contributed by atoms with Crippen molar-refractivity contribution < 1.29 is 13.2 Å². The summed E-state index contributed by atoms with van der Waals surface area (Å²) in [5.41, 5.74) is 6.43. The van der Waals surface area contributed by atoms with Gasteiger partial charge < -0.3 is 11.1 Å². The lowest BCUT2D eigenvalue weighted by Crippen LogP contribution is -2.37. The van der Waals surface area contributed by atoms with Crippen LogP contribution in [0.5, 0.6) is 0 Å². The monoisotopic (exact) mass is 297 g/mol. The van der Waals surface area contributed by atoms with E-state index in [0.717, 1.165) is 0 Å². The number of benzene rings is 1. The number of anilines is 1. The quantitative estimate of drug-likeness (QED) is 0.836. The highest BCUT2D eigenvalue weighted by molar-refractivity contribution is 7.93. The molecule has 1 aliphatic rings. The van der Waals surface area contributed by atoms with Gasteiger partial charge >= 0.3 is 0 Å². The number of nitrogens with one attached hydrogen (secondary N) is 1. The molecule has 0 unspecified atom stereocenters. The van der Waals surface area contributed by atoms with E-state index in [9.17, 15) is 13.2 Å². The van der Waals surface area contributed by atoms with E-state index in [0.29, 0.717) is 30.8 Å². The summed E-state index contributed by atoms with van der Waals surface area (Å²) in [6.45, 7) is 2.63. The first-order valence-electron chi connectivity index (χ1n) is 6.55. The zero-order chi connectivity index (χ0) is 14.8. The first kappa shape index (κ1) is 14.8.